The smallest absolute Gasteiger partial charge is 0.489 e. The van der Waals surface area contributed by atoms with Gasteiger partial charge < -0.3 is 14.8 Å². The largest absolute Gasteiger partial charge is 0.496 e. The minimum Gasteiger partial charge on any atom is -0.496 e. The van der Waals surface area contributed by atoms with Crippen LogP contribution in [0.4, 0.5) is 0 Å². The van der Waals surface area contributed by atoms with Crippen LogP contribution in [-0.2, 0) is 0 Å². The minimum absolute atomic E-state index is 0.290. The van der Waals surface area contributed by atoms with Crippen molar-refractivity contribution in [2.45, 2.75) is 139 Å². The summed E-state index contributed by atoms with van der Waals surface area (Å²) in [5.41, 5.74) is 14.8. The fourth-order valence-electron chi connectivity index (χ4n) is 6.40. The Hall–Kier alpha value is -1.90. The zero-order valence-corrected chi connectivity index (χ0v) is 39.9. The molecule has 0 fully saturated rings. The summed E-state index contributed by atoms with van der Waals surface area (Å²) in [6.07, 6.45) is 0. The van der Waals surface area contributed by atoms with Crippen LogP contribution >= 0.6 is 47.8 Å². The molecule has 4 rings (SSSR count). The van der Waals surface area contributed by atoms with E-state index >= 15 is 0 Å². The Morgan fingerprint density at radius 3 is 1.13 bits per heavy atom. The van der Waals surface area contributed by atoms with Gasteiger partial charge in [0.05, 0.1) is 7.11 Å². The molecule has 0 amide bonds. The summed E-state index contributed by atoms with van der Waals surface area (Å²) in [7, 11) is 0.339. The van der Waals surface area contributed by atoms with Gasteiger partial charge in [-0.05, 0) is 179 Å². The molecule has 0 unspecified atom stereocenters. The van der Waals surface area contributed by atoms with Gasteiger partial charge in [0.15, 0.2) is 0 Å². The molecule has 0 atom stereocenters. The van der Waals surface area contributed by atoms with Gasteiger partial charge in [0.1, 0.15) is 5.75 Å². The van der Waals surface area contributed by atoms with Crippen molar-refractivity contribution in [3.63, 3.8) is 0 Å². The molecule has 0 spiro atoms. The van der Waals surface area contributed by atoms with E-state index in [1.54, 1.807) is 7.11 Å². The molecule has 0 saturated carbocycles. The maximum Gasteiger partial charge on any atom is 0.489 e. The summed E-state index contributed by atoms with van der Waals surface area (Å²) in [6, 6.07) is 17.6. The number of rotatable bonds is 9. The van der Waals surface area contributed by atoms with Crippen molar-refractivity contribution in [1.82, 2.24) is 0 Å². The number of halogens is 3. The maximum atomic E-state index is 9.67. The van der Waals surface area contributed by atoms with Crippen LogP contribution < -0.4 is 10.2 Å². The Morgan fingerprint density at radius 2 is 0.830 bits per heavy atom. The highest BCUT2D eigenvalue weighted by atomic mass is 79.9. The molecule has 0 heterocycles. The first-order valence-corrected chi connectivity index (χ1v) is 21.4. The Labute approximate surface area is 348 Å². The highest BCUT2D eigenvalue weighted by Gasteiger charge is 2.25. The van der Waals surface area contributed by atoms with Crippen LogP contribution in [-0.4, -0.2) is 24.3 Å². The lowest BCUT2D eigenvalue weighted by Crippen LogP contribution is -2.37. The van der Waals surface area contributed by atoms with Crippen LogP contribution in [0.2, 0.25) is 0 Å². The maximum absolute atomic E-state index is 9.67. The van der Waals surface area contributed by atoms with Gasteiger partial charge in [-0.25, -0.2) is 0 Å². The van der Waals surface area contributed by atoms with E-state index in [0.717, 1.165) is 35.9 Å². The molecule has 0 aliphatic rings. The van der Waals surface area contributed by atoms with Gasteiger partial charge >= 0.3 is 7.12 Å². The molecule has 0 aliphatic carbocycles. The first-order valence-electron chi connectivity index (χ1n) is 19.0. The summed E-state index contributed by atoms with van der Waals surface area (Å²) in [5, 5.41) is 19.3. The number of hydrogen-bond acceptors (Lipinski definition) is 3. The normalized spacial score (nSPS) is 11.4. The zero-order valence-electron chi connectivity index (χ0n) is 35.1. The van der Waals surface area contributed by atoms with E-state index < -0.39 is 7.12 Å². The molecule has 0 radical (unpaired) electrons. The predicted octanol–water partition coefficient (Wildman–Crippen LogP) is 14.4. The summed E-state index contributed by atoms with van der Waals surface area (Å²) in [6.45, 7) is 32.7. The molecular formula is C46H64BBr3O3. The quantitative estimate of drug-likeness (QED) is 0.165. The number of ether oxygens (including phenoxy) is 1. The molecule has 3 nitrogen and oxygen atoms in total. The minimum atomic E-state index is -1.39. The SMILES string of the molecule is CC(C)c1cc(C(C)C)c(B(O)O)c(C(C)C)c1.COc1cc(Br)c(-c2c(C(C)C)cc(C(C)C)cc2C(C)C)cc1C.Cc1cc(Br)c(Br)cc1C. The van der Waals surface area contributed by atoms with Gasteiger partial charge in [0, 0.05) is 13.4 Å². The van der Waals surface area contributed by atoms with Gasteiger partial charge in [0.25, 0.3) is 0 Å². The zero-order chi connectivity index (χ0) is 40.6. The molecular weight excluding hydrogens is 851 g/mol. The van der Waals surface area contributed by atoms with Crippen molar-refractivity contribution in [2.75, 3.05) is 7.11 Å². The Balaban J connectivity index is 0.000000302. The van der Waals surface area contributed by atoms with Crippen LogP contribution in [0.25, 0.3) is 11.1 Å². The standard InChI is InChI=1S/C23H31BrO.C15H25BO2.C8H8Br2/c1-13(2)17-10-18(14(3)4)23(19(11-17)15(5)6)20-9-16(7)22(25-8)12-21(20)24;1-9(2)12-7-13(10(3)4)15(16(17)18)14(8-12)11(5)6;1-5-3-7(9)8(10)4-6(5)2/h9-15H,1-8H3;7-11,17-18H,1-6H3;3-4H,1-2H3. The first kappa shape index (κ1) is 47.3. The van der Waals surface area contributed by atoms with Crippen LogP contribution in [0.5, 0.6) is 5.75 Å². The summed E-state index contributed by atoms with van der Waals surface area (Å²) in [4.78, 5) is 0. The molecule has 0 aliphatic heterocycles. The van der Waals surface area contributed by atoms with Crippen molar-refractivity contribution < 1.29 is 14.8 Å². The Morgan fingerprint density at radius 1 is 0.472 bits per heavy atom. The third kappa shape index (κ3) is 12.6. The molecule has 0 aromatic heterocycles. The fourth-order valence-corrected chi connectivity index (χ4v) is 7.83. The van der Waals surface area contributed by atoms with E-state index in [1.165, 1.54) is 44.5 Å². The topological polar surface area (TPSA) is 49.7 Å². The molecule has 7 heteroatoms. The average molecular weight is 916 g/mol. The van der Waals surface area contributed by atoms with Gasteiger partial charge in [-0.3, -0.25) is 0 Å². The number of methoxy groups -OCH3 is 1. The highest BCUT2D eigenvalue weighted by Crippen LogP contribution is 2.43. The second-order valence-electron chi connectivity index (χ2n) is 16.1. The van der Waals surface area contributed by atoms with Crippen LogP contribution in [0.15, 0.2) is 61.9 Å². The fraction of sp³-hybridized carbons (Fsp3) is 0.478. The molecule has 0 bridgehead atoms. The van der Waals surface area contributed by atoms with Gasteiger partial charge in [-0.1, -0.05) is 123 Å². The number of benzene rings is 4. The molecule has 53 heavy (non-hydrogen) atoms. The lowest BCUT2D eigenvalue weighted by atomic mass is 9.68. The van der Waals surface area contributed by atoms with Crippen molar-refractivity contribution in [2.24, 2.45) is 0 Å². The molecule has 0 saturated heterocycles. The molecule has 4 aromatic rings. The molecule has 4 aromatic carbocycles. The van der Waals surface area contributed by atoms with Crippen molar-refractivity contribution in [3.8, 4) is 16.9 Å². The van der Waals surface area contributed by atoms with Gasteiger partial charge in [-0.15, -0.1) is 0 Å². The predicted molar refractivity (Wildman–Crippen MR) is 243 cm³/mol. The lowest BCUT2D eigenvalue weighted by molar-refractivity contribution is 0.411. The monoisotopic (exact) mass is 912 g/mol. The van der Waals surface area contributed by atoms with Gasteiger partial charge in [-0.2, -0.15) is 0 Å². The van der Waals surface area contributed by atoms with E-state index in [2.05, 4.69) is 200 Å². The number of hydrogen-bond donors (Lipinski definition) is 2. The average Bonchev–Trinajstić information content (AvgIpc) is 3.07. The van der Waals surface area contributed by atoms with E-state index in [1.807, 2.05) is 0 Å². The van der Waals surface area contributed by atoms with E-state index in [-0.39, 0.29) is 11.8 Å². The Bertz CT molecular complexity index is 1720. The molecule has 2 N–H and O–H groups in total. The summed E-state index contributed by atoms with van der Waals surface area (Å²) < 4.78 is 8.83. The highest BCUT2D eigenvalue weighted by molar-refractivity contribution is 9.13. The number of aryl methyl sites for hydroxylation is 3. The summed E-state index contributed by atoms with van der Waals surface area (Å²) in [5.74, 6) is 3.43. The third-order valence-corrected chi connectivity index (χ3v) is 12.4. The van der Waals surface area contributed by atoms with E-state index in [9.17, 15) is 10.0 Å². The van der Waals surface area contributed by atoms with Crippen molar-refractivity contribution in [3.05, 3.63) is 112 Å². The van der Waals surface area contributed by atoms with Crippen LogP contribution in [0.3, 0.4) is 0 Å². The summed E-state index contributed by atoms with van der Waals surface area (Å²) >= 11 is 10.7. The second kappa shape index (κ2) is 20.9. The van der Waals surface area contributed by atoms with Crippen molar-refractivity contribution >= 4 is 60.4 Å². The van der Waals surface area contributed by atoms with Crippen LogP contribution in [0, 0.1) is 20.8 Å². The third-order valence-electron chi connectivity index (χ3n) is 9.86. The lowest BCUT2D eigenvalue weighted by Gasteiger charge is -2.24. The van der Waals surface area contributed by atoms with Crippen LogP contribution in [0.1, 0.15) is 169 Å². The van der Waals surface area contributed by atoms with E-state index in [0.29, 0.717) is 29.1 Å². The molecule has 290 valence electrons. The van der Waals surface area contributed by atoms with Crippen molar-refractivity contribution in [1.29, 1.82) is 0 Å². The second-order valence-corrected chi connectivity index (χ2v) is 18.7. The first-order chi connectivity index (χ1) is 24.5. The van der Waals surface area contributed by atoms with Gasteiger partial charge in [0.2, 0.25) is 0 Å². The van der Waals surface area contributed by atoms with E-state index in [4.69, 9.17) is 4.74 Å². The Kier molecular flexibility index (Phi) is 18.6.